The Morgan fingerprint density at radius 3 is 2.54 bits per heavy atom. The van der Waals surface area contributed by atoms with Gasteiger partial charge in [-0.15, -0.1) is 0 Å². The van der Waals surface area contributed by atoms with Gasteiger partial charge in [-0.1, -0.05) is 0 Å². The number of carbonyl (C=O) groups is 1. The third-order valence-electron chi connectivity index (χ3n) is 5.44. The molecule has 28 heavy (non-hydrogen) atoms. The highest BCUT2D eigenvalue weighted by Crippen LogP contribution is 2.25. The minimum Gasteiger partial charge on any atom is -0.466 e. The number of rotatable bonds is 10. The molecule has 162 valence electrons. The van der Waals surface area contributed by atoms with Crippen molar-refractivity contribution in [3.8, 4) is 0 Å². The second-order valence-electron chi connectivity index (χ2n) is 7.69. The largest absolute Gasteiger partial charge is 0.466 e. The van der Waals surface area contributed by atoms with Crippen LogP contribution in [0.4, 0.5) is 0 Å². The van der Waals surface area contributed by atoms with Crippen molar-refractivity contribution in [3.05, 3.63) is 0 Å². The highest BCUT2D eigenvalue weighted by atomic mass is 16.5. The van der Waals surface area contributed by atoms with E-state index in [2.05, 4.69) is 22.5 Å². The van der Waals surface area contributed by atoms with Gasteiger partial charge < -0.3 is 24.8 Å². The van der Waals surface area contributed by atoms with Crippen molar-refractivity contribution in [1.82, 2.24) is 10.6 Å². The lowest BCUT2D eigenvalue weighted by atomic mass is 9.86. The van der Waals surface area contributed by atoms with E-state index >= 15 is 0 Å². The fourth-order valence-electron chi connectivity index (χ4n) is 3.77. The quantitative estimate of drug-likeness (QED) is 0.255. The van der Waals surface area contributed by atoms with Crippen LogP contribution >= 0.6 is 0 Å². The minimum atomic E-state index is -0.0396. The summed E-state index contributed by atoms with van der Waals surface area (Å²) in [6, 6.07) is 0.369. The topological polar surface area (TPSA) is 81.2 Å². The van der Waals surface area contributed by atoms with E-state index < -0.39 is 0 Å². The molecule has 0 spiro atoms. The van der Waals surface area contributed by atoms with Crippen LogP contribution in [0.2, 0.25) is 0 Å². The van der Waals surface area contributed by atoms with Gasteiger partial charge in [-0.3, -0.25) is 9.79 Å². The fraction of sp³-hybridized carbons (Fsp3) is 0.905. The number of carbonyl (C=O) groups excluding carboxylic acids is 1. The van der Waals surface area contributed by atoms with Gasteiger partial charge in [0.05, 0.1) is 12.5 Å². The van der Waals surface area contributed by atoms with Gasteiger partial charge in [-0.05, 0) is 64.7 Å². The Kier molecular flexibility index (Phi) is 11.3. The third kappa shape index (κ3) is 8.78. The molecule has 0 atom stereocenters. The van der Waals surface area contributed by atoms with Crippen LogP contribution < -0.4 is 10.6 Å². The summed E-state index contributed by atoms with van der Waals surface area (Å²) in [7, 11) is 0. The molecule has 0 radical (unpaired) electrons. The summed E-state index contributed by atoms with van der Waals surface area (Å²) in [6.07, 6.45) is 6.88. The summed E-state index contributed by atoms with van der Waals surface area (Å²) in [5, 5.41) is 6.84. The number of ether oxygens (including phenoxy) is 3. The molecule has 0 amide bonds. The summed E-state index contributed by atoms with van der Waals surface area (Å²) >= 11 is 0. The molecule has 1 aliphatic heterocycles. The summed E-state index contributed by atoms with van der Waals surface area (Å²) in [6.45, 7) is 9.33. The van der Waals surface area contributed by atoms with Crippen LogP contribution in [-0.2, 0) is 19.0 Å². The van der Waals surface area contributed by atoms with Gasteiger partial charge in [0.1, 0.15) is 0 Å². The Bertz CT molecular complexity index is 459. The van der Waals surface area contributed by atoms with E-state index in [1.807, 2.05) is 6.92 Å². The van der Waals surface area contributed by atoms with Crippen LogP contribution in [0.3, 0.4) is 0 Å². The van der Waals surface area contributed by atoms with E-state index in [9.17, 15) is 4.79 Å². The Labute approximate surface area is 170 Å². The molecule has 0 bridgehead atoms. The summed E-state index contributed by atoms with van der Waals surface area (Å²) < 4.78 is 16.3. The molecule has 0 aromatic carbocycles. The molecule has 1 saturated heterocycles. The number of hydrogen-bond donors (Lipinski definition) is 2. The van der Waals surface area contributed by atoms with Gasteiger partial charge >= 0.3 is 5.97 Å². The average molecular weight is 398 g/mol. The lowest BCUT2D eigenvalue weighted by Gasteiger charge is -2.29. The van der Waals surface area contributed by atoms with Crippen molar-refractivity contribution in [3.63, 3.8) is 0 Å². The molecule has 0 unspecified atom stereocenters. The average Bonchev–Trinajstić information content (AvgIpc) is 2.72. The molecule has 1 heterocycles. The van der Waals surface area contributed by atoms with Crippen molar-refractivity contribution in [2.45, 2.75) is 64.8 Å². The van der Waals surface area contributed by atoms with Crippen LogP contribution in [0.15, 0.2) is 4.99 Å². The second kappa shape index (κ2) is 13.8. The van der Waals surface area contributed by atoms with Crippen molar-refractivity contribution in [1.29, 1.82) is 0 Å². The van der Waals surface area contributed by atoms with Gasteiger partial charge in [-0.25, -0.2) is 0 Å². The smallest absolute Gasteiger partial charge is 0.308 e. The zero-order valence-electron chi connectivity index (χ0n) is 17.7. The molecular weight excluding hydrogens is 358 g/mol. The number of esters is 1. The van der Waals surface area contributed by atoms with Crippen LogP contribution in [-0.4, -0.2) is 64.1 Å². The maximum atomic E-state index is 11.9. The minimum absolute atomic E-state index is 0.0396. The van der Waals surface area contributed by atoms with Gasteiger partial charge in [-0.2, -0.15) is 0 Å². The Morgan fingerprint density at radius 2 is 1.86 bits per heavy atom. The predicted molar refractivity (Wildman–Crippen MR) is 110 cm³/mol. The Balaban J connectivity index is 1.61. The van der Waals surface area contributed by atoms with E-state index in [1.165, 1.54) is 0 Å². The third-order valence-corrected chi connectivity index (χ3v) is 5.44. The zero-order valence-corrected chi connectivity index (χ0v) is 17.7. The molecule has 7 nitrogen and oxygen atoms in total. The molecule has 7 heteroatoms. The predicted octanol–water partition coefficient (Wildman–Crippen LogP) is 2.50. The lowest BCUT2D eigenvalue weighted by Crippen LogP contribution is -2.45. The van der Waals surface area contributed by atoms with Gasteiger partial charge in [0.15, 0.2) is 5.96 Å². The van der Waals surface area contributed by atoms with Crippen LogP contribution in [0, 0.1) is 11.8 Å². The standard InChI is InChI=1S/C21H39N3O4/c1-3-22-21(23-12-5-13-27-16-17-10-14-26-15-11-17)24-19-8-6-18(7-9-19)20(25)28-4-2/h17-19H,3-16H2,1-2H3,(H2,22,23,24). The molecule has 0 aromatic heterocycles. The van der Waals surface area contributed by atoms with Gasteiger partial charge in [0.25, 0.3) is 0 Å². The first-order valence-corrected chi connectivity index (χ1v) is 11.1. The van der Waals surface area contributed by atoms with E-state index in [0.29, 0.717) is 18.6 Å². The number of aliphatic imine (C=N–C) groups is 1. The second-order valence-corrected chi connectivity index (χ2v) is 7.69. The molecule has 2 rings (SSSR count). The summed E-state index contributed by atoms with van der Waals surface area (Å²) in [5.41, 5.74) is 0. The van der Waals surface area contributed by atoms with E-state index in [4.69, 9.17) is 14.2 Å². The van der Waals surface area contributed by atoms with Crippen molar-refractivity contribution in [2.24, 2.45) is 16.8 Å². The van der Waals surface area contributed by atoms with E-state index in [1.54, 1.807) is 0 Å². The molecule has 2 fully saturated rings. The zero-order chi connectivity index (χ0) is 20.0. The Hall–Kier alpha value is -1.34. The number of guanidine groups is 1. The summed E-state index contributed by atoms with van der Waals surface area (Å²) in [4.78, 5) is 16.5. The van der Waals surface area contributed by atoms with Gasteiger partial charge in [0.2, 0.25) is 0 Å². The lowest BCUT2D eigenvalue weighted by molar-refractivity contribution is -0.149. The van der Waals surface area contributed by atoms with Crippen molar-refractivity contribution >= 4 is 11.9 Å². The first-order chi connectivity index (χ1) is 13.7. The van der Waals surface area contributed by atoms with E-state index in [-0.39, 0.29) is 11.9 Å². The van der Waals surface area contributed by atoms with Crippen molar-refractivity contribution < 1.29 is 19.0 Å². The molecular formula is C21H39N3O4. The van der Waals surface area contributed by atoms with Crippen LogP contribution in [0.25, 0.3) is 0 Å². The monoisotopic (exact) mass is 397 g/mol. The maximum Gasteiger partial charge on any atom is 0.308 e. The maximum absolute atomic E-state index is 11.9. The molecule has 2 aliphatic rings. The van der Waals surface area contributed by atoms with Crippen LogP contribution in [0.5, 0.6) is 0 Å². The van der Waals surface area contributed by atoms with E-state index in [0.717, 1.165) is 90.4 Å². The molecule has 1 saturated carbocycles. The summed E-state index contributed by atoms with van der Waals surface area (Å²) in [5.74, 6) is 1.54. The van der Waals surface area contributed by atoms with Gasteiger partial charge in [0, 0.05) is 45.6 Å². The van der Waals surface area contributed by atoms with Crippen molar-refractivity contribution in [2.75, 3.05) is 46.1 Å². The first-order valence-electron chi connectivity index (χ1n) is 11.1. The SMILES string of the molecule is CCNC(=NCCCOCC1CCOCC1)NC1CCC(C(=O)OCC)CC1. The Morgan fingerprint density at radius 1 is 1.11 bits per heavy atom. The first kappa shape index (κ1) is 22.9. The molecule has 0 aromatic rings. The number of nitrogens with zero attached hydrogens (tertiary/aromatic N) is 1. The normalized spacial score (nSPS) is 24.0. The molecule has 1 aliphatic carbocycles. The fourth-order valence-corrected chi connectivity index (χ4v) is 3.77. The molecule has 2 N–H and O–H groups in total. The number of nitrogens with one attached hydrogen (secondary N) is 2. The highest BCUT2D eigenvalue weighted by Gasteiger charge is 2.27. The van der Waals surface area contributed by atoms with Crippen LogP contribution in [0.1, 0.15) is 58.8 Å². The highest BCUT2D eigenvalue weighted by molar-refractivity contribution is 5.80. The number of hydrogen-bond acceptors (Lipinski definition) is 5.